The van der Waals surface area contributed by atoms with Crippen molar-refractivity contribution in [1.29, 1.82) is 0 Å². The van der Waals surface area contributed by atoms with Crippen LogP contribution in [0, 0.1) is 0 Å². The van der Waals surface area contributed by atoms with Crippen LogP contribution in [0.5, 0.6) is 0 Å². The predicted molar refractivity (Wildman–Crippen MR) is 89.4 cm³/mol. The molecule has 0 rings (SSSR count). The van der Waals surface area contributed by atoms with Gasteiger partial charge >= 0.3 is 14.8 Å². The van der Waals surface area contributed by atoms with Crippen LogP contribution in [0.4, 0.5) is 0 Å². The Hall–Kier alpha value is -0.816. The molecule has 0 unspecified atom stereocenters. The number of ether oxygens (including phenoxy) is 3. The molecular formula is C13H28O7Si2. The van der Waals surface area contributed by atoms with E-state index in [2.05, 4.69) is 13.2 Å². The first kappa shape index (κ1) is 23.4. The van der Waals surface area contributed by atoms with Crippen LogP contribution in [-0.4, -0.2) is 72.6 Å². The van der Waals surface area contributed by atoms with E-state index in [-0.39, 0.29) is 6.61 Å². The van der Waals surface area contributed by atoms with Gasteiger partial charge in [0.2, 0.25) is 0 Å². The van der Waals surface area contributed by atoms with Crippen molar-refractivity contribution >= 4 is 25.0 Å². The Bertz CT molecular complexity index is 344. The third kappa shape index (κ3) is 8.58. The normalized spacial score (nSPS) is 11.4. The van der Waals surface area contributed by atoms with Gasteiger partial charge in [-0.05, 0) is 12.6 Å². The summed E-state index contributed by atoms with van der Waals surface area (Å²) in [6, 6.07) is 0. The zero-order valence-electron chi connectivity index (χ0n) is 14.6. The van der Waals surface area contributed by atoms with E-state index in [9.17, 15) is 4.79 Å². The van der Waals surface area contributed by atoms with E-state index in [1.165, 1.54) is 14.2 Å². The Labute approximate surface area is 137 Å². The quantitative estimate of drug-likeness (QED) is 0.250. The Morgan fingerprint density at radius 2 is 1.55 bits per heavy atom. The van der Waals surface area contributed by atoms with Crippen LogP contribution in [0.2, 0.25) is 0 Å². The van der Waals surface area contributed by atoms with Crippen molar-refractivity contribution in [2.45, 2.75) is 12.3 Å². The van der Waals surface area contributed by atoms with E-state index in [1.54, 1.807) is 34.0 Å². The molecule has 0 amide bonds. The van der Waals surface area contributed by atoms with Crippen molar-refractivity contribution in [3.8, 4) is 0 Å². The molecule has 0 aliphatic carbocycles. The fourth-order valence-corrected chi connectivity index (χ4v) is 2.17. The third-order valence-corrected chi connectivity index (χ3v) is 6.09. The first-order valence-corrected chi connectivity index (χ1v) is 9.21. The maximum atomic E-state index is 11.0. The molecule has 0 saturated carbocycles. The van der Waals surface area contributed by atoms with Gasteiger partial charge in [-0.1, -0.05) is 13.2 Å². The van der Waals surface area contributed by atoms with Crippen molar-refractivity contribution in [3.63, 3.8) is 0 Å². The van der Waals surface area contributed by atoms with E-state index in [1.807, 2.05) is 0 Å². The van der Waals surface area contributed by atoms with Gasteiger partial charge in [0.15, 0.2) is 5.41 Å². The second kappa shape index (κ2) is 11.7. The molecule has 0 aromatic rings. The lowest BCUT2D eigenvalue weighted by Crippen LogP contribution is -2.40. The lowest BCUT2D eigenvalue weighted by Gasteiger charge is -2.25. The minimum Gasteiger partial charge on any atom is -0.457 e. The van der Waals surface area contributed by atoms with Crippen LogP contribution in [0.15, 0.2) is 24.4 Å². The molecule has 0 spiro atoms. The van der Waals surface area contributed by atoms with Crippen molar-refractivity contribution in [3.05, 3.63) is 24.4 Å². The Morgan fingerprint density at radius 3 is 1.73 bits per heavy atom. The van der Waals surface area contributed by atoms with Crippen molar-refractivity contribution in [2.75, 3.05) is 42.2 Å². The number of rotatable bonds is 9. The lowest BCUT2D eigenvalue weighted by molar-refractivity contribution is -0.183. The molecule has 0 radical (unpaired) electrons. The van der Waals surface area contributed by atoms with E-state index in [0.717, 1.165) is 0 Å². The van der Waals surface area contributed by atoms with Gasteiger partial charge in [-0.3, -0.25) is 0 Å². The summed E-state index contributed by atoms with van der Waals surface area (Å²) in [6.07, 6.45) is 0. The Balaban J connectivity index is 0. The third-order valence-electron chi connectivity index (χ3n) is 2.78. The van der Waals surface area contributed by atoms with E-state index in [4.69, 9.17) is 27.5 Å². The van der Waals surface area contributed by atoms with Gasteiger partial charge in [-0.2, -0.15) is 0 Å². The molecule has 0 saturated heterocycles. The monoisotopic (exact) mass is 352 g/mol. The van der Waals surface area contributed by atoms with Crippen LogP contribution in [0.1, 0.15) is 6.92 Å². The fourth-order valence-electron chi connectivity index (χ4n) is 1.02. The van der Waals surface area contributed by atoms with Crippen LogP contribution in [-0.2, 0) is 32.3 Å². The molecular weight excluding hydrogens is 324 g/mol. The van der Waals surface area contributed by atoms with Gasteiger partial charge in [0, 0.05) is 41.1 Å². The Kier molecular flexibility index (Phi) is 12.5. The first-order chi connectivity index (χ1) is 10.2. The molecule has 0 fully saturated rings. The number of carbonyl (C=O) groups is 1. The van der Waals surface area contributed by atoms with Crippen LogP contribution in [0.3, 0.4) is 0 Å². The van der Waals surface area contributed by atoms with Gasteiger partial charge in [0.1, 0.15) is 6.61 Å². The highest BCUT2D eigenvalue weighted by Crippen LogP contribution is 2.07. The highest BCUT2D eigenvalue weighted by molar-refractivity contribution is 6.66. The van der Waals surface area contributed by atoms with Crippen LogP contribution >= 0.6 is 0 Å². The summed E-state index contributed by atoms with van der Waals surface area (Å²) >= 11 is 0. The van der Waals surface area contributed by atoms with E-state index in [0.29, 0.717) is 15.8 Å². The zero-order valence-corrected chi connectivity index (χ0v) is 17.6. The maximum absolute atomic E-state index is 11.0. The summed E-state index contributed by atoms with van der Waals surface area (Å²) in [5, 5.41) is 0. The van der Waals surface area contributed by atoms with Crippen LogP contribution in [0.25, 0.3) is 0 Å². The highest BCUT2D eigenvalue weighted by Gasteiger charge is 2.33. The second-order valence-corrected chi connectivity index (χ2v) is 8.68. The summed E-state index contributed by atoms with van der Waals surface area (Å²) in [7, 11) is 5.86. The maximum Gasteiger partial charge on any atom is 0.528 e. The molecule has 0 aromatic heterocycles. The van der Waals surface area contributed by atoms with Gasteiger partial charge in [0.25, 0.3) is 0 Å². The van der Waals surface area contributed by atoms with Gasteiger partial charge in [-0.15, -0.1) is 0 Å². The number of carbonyl (C=O) groups excluding carboxylic acids is 1. The molecule has 0 aliphatic rings. The summed E-state index contributed by atoms with van der Waals surface area (Å²) < 4.78 is 29.9. The number of hydrogen-bond acceptors (Lipinski definition) is 7. The Morgan fingerprint density at radius 1 is 1.14 bits per heavy atom. The summed E-state index contributed by atoms with van der Waals surface area (Å²) in [5.74, 6) is -0.422. The molecule has 7 nitrogen and oxygen atoms in total. The van der Waals surface area contributed by atoms with E-state index < -0.39 is 20.2 Å². The molecule has 0 aromatic carbocycles. The molecule has 0 bridgehead atoms. The summed E-state index contributed by atoms with van der Waals surface area (Å²) in [6.45, 7) is 8.70. The van der Waals surface area contributed by atoms with Crippen molar-refractivity contribution in [2.24, 2.45) is 0 Å². The zero-order chi connectivity index (χ0) is 17.8. The van der Waals surface area contributed by atoms with Gasteiger partial charge < -0.3 is 27.5 Å². The van der Waals surface area contributed by atoms with E-state index >= 15 is 0 Å². The number of hydrogen-bond donors (Lipinski definition) is 0. The SMILES string of the molecule is C=C(C)C(=O)OCC([SiH3])(OC)OC.C=C[Si](OC)(OC)OC. The highest BCUT2D eigenvalue weighted by atomic mass is 28.4. The van der Waals surface area contributed by atoms with Crippen molar-refractivity contribution < 1.29 is 32.3 Å². The average molecular weight is 353 g/mol. The predicted octanol–water partition coefficient (Wildman–Crippen LogP) is 0.00740. The van der Waals surface area contributed by atoms with Gasteiger partial charge in [0.05, 0.1) is 10.2 Å². The van der Waals surface area contributed by atoms with Crippen LogP contribution < -0.4 is 0 Å². The number of methoxy groups -OCH3 is 2. The topological polar surface area (TPSA) is 72.5 Å². The summed E-state index contributed by atoms with van der Waals surface area (Å²) in [4.78, 5) is 11.0. The standard InChI is InChI=1S/C8H16O4Si.C5H12O3Si/c1-6(2)7(9)12-5-8(13,10-3)11-4;1-5-9(6-2,7-3)8-4/h1,5H2,2-4,13H3;5H,1H2,2-4H3. The fraction of sp³-hybridized carbons (Fsp3) is 0.615. The molecule has 22 heavy (non-hydrogen) atoms. The minimum atomic E-state index is -2.43. The van der Waals surface area contributed by atoms with Gasteiger partial charge in [-0.25, -0.2) is 4.79 Å². The largest absolute Gasteiger partial charge is 0.528 e. The minimum absolute atomic E-state index is 0.109. The lowest BCUT2D eigenvalue weighted by atomic mass is 10.4. The molecule has 0 atom stereocenters. The molecule has 130 valence electrons. The molecule has 0 N–H and O–H groups in total. The second-order valence-electron chi connectivity index (χ2n) is 4.32. The average Bonchev–Trinajstić information content (AvgIpc) is 2.55. The first-order valence-electron chi connectivity index (χ1n) is 6.41. The molecule has 0 aliphatic heterocycles. The number of esters is 1. The molecule has 9 heteroatoms. The molecule has 0 heterocycles. The van der Waals surface area contributed by atoms with Crippen molar-refractivity contribution in [1.82, 2.24) is 0 Å². The smallest absolute Gasteiger partial charge is 0.457 e. The summed E-state index contributed by atoms with van der Waals surface area (Å²) in [5.41, 5.74) is 1.20.